The number of hydrogen-bond acceptors (Lipinski definition) is 4. The Morgan fingerprint density at radius 3 is 2.18 bits per heavy atom. The first-order chi connectivity index (χ1) is 18.4. The Bertz CT molecular complexity index is 1440. The lowest BCUT2D eigenvalue weighted by atomic mass is 9.61. The van der Waals surface area contributed by atoms with Crippen molar-refractivity contribution < 1.29 is 20.1 Å². The molecule has 1 unspecified atom stereocenters. The van der Waals surface area contributed by atoms with Gasteiger partial charge in [-0.25, -0.2) is 4.79 Å². The average molecular weight is 526 g/mol. The summed E-state index contributed by atoms with van der Waals surface area (Å²) in [7, 11) is 0. The Labute approximate surface area is 232 Å². The number of aliphatic hydroxyl groups excluding tert-OH is 1. The molecule has 0 amide bonds. The van der Waals surface area contributed by atoms with Crippen LogP contribution >= 0.6 is 0 Å². The lowest BCUT2D eigenvalue weighted by Crippen LogP contribution is -2.34. The van der Waals surface area contributed by atoms with Crippen molar-refractivity contribution in [3.63, 3.8) is 0 Å². The second-order valence-electron chi connectivity index (χ2n) is 11.7. The Morgan fingerprint density at radius 2 is 1.59 bits per heavy atom. The van der Waals surface area contributed by atoms with Gasteiger partial charge in [0.1, 0.15) is 17.4 Å². The van der Waals surface area contributed by atoms with Gasteiger partial charge in [0.25, 0.3) is 0 Å². The van der Waals surface area contributed by atoms with Crippen LogP contribution in [0.15, 0.2) is 54.6 Å². The second kappa shape index (κ2) is 10.8. The monoisotopic (exact) mass is 525 g/mol. The summed E-state index contributed by atoms with van der Waals surface area (Å²) in [5.74, 6) is 4.25. The Hall–Kier alpha value is -3.75. The molecule has 5 nitrogen and oxygen atoms in total. The van der Waals surface area contributed by atoms with E-state index < -0.39 is 12.1 Å². The standard InChI is InChI=1S/C34H39NO4/c1-7-35(8-2)25-13-11-23(12-14-25)27-20-24(21-28-31(27)34(5,6)18-17-33(28,3)4)29(36)16-10-22-9-15-26(32(38)39)30(37)19-22/h9,11-15,19-21,29,36-37H,7-8,17-18H2,1-6H3,(H,38,39). The smallest absolute Gasteiger partial charge is 0.339 e. The van der Waals surface area contributed by atoms with Gasteiger partial charge >= 0.3 is 5.97 Å². The number of phenols is 1. The van der Waals surface area contributed by atoms with Gasteiger partial charge in [0.2, 0.25) is 0 Å². The van der Waals surface area contributed by atoms with E-state index in [0.717, 1.165) is 42.6 Å². The third-order valence-corrected chi connectivity index (χ3v) is 8.15. The molecule has 0 heterocycles. The third kappa shape index (κ3) is 5.67. The number of carboxylic acid groups (broad SMARTS) is 1. The lowest BCUT2D eigenvalue weighted by Gasteiger charge is -2.43. The molecule has 5 heteroatoms. The summed E-state index contributed by atoms with van der Waals surface area (Å²) in [4.78, 5) is 13.5. The summed E-state index contributed by atoms with van der Waals surface area (Å²) in [5, 5.41) is 30.4. The SMILES string of the molecule is CCN(CC)c1ccc(-c2cc(C(O)C#Cc3ccc(C(=O)O)c(O)c3)cc3c2C(C)(C)CCC3(C)C)cc1. The van der Waals surface area contributed by atoms with Crippen LogP contribution in [0.2, 0.25) is 0 Å². The van der Waals surface area contributed by atoms with Crippen molar-refractivity contribution in [3.8, 4) is 28.7 Å². The van der Waals surface area contributed by atoms with Gasteiger partial charge in [0.05, 0.1) is 0 Å². The molecule has 0 bridgehead atoms. The van der Waals surface area contributed by atoms with Crippen LogP contribution in [0.1, 0.15) is 93.1 Å². The number of rotatable bonds is 6. The number of aromatic carboxylic acids is 1. The molecule has 3 aromatic carbocycles. The van der Waals surface area contributed by atoms with Crippen molar-refractivity contribution in [2.75, 3.05) is 18.0 Å². The third-order valence-electron chi connectivity index (χ3n) is 8.15. The average Bonchev–Trinajstić information content (AvgIpc) is 2.90. The van der Waals surface area contributed by atoms with Crippen molar-refractivity contribution in [2.24, 2.45) is 0 Å². The lowest BCUT2D eigenvalue weighted by molar-refractivity contribution is 0.0693. The molecule has 1 aliphatic carbocycles. The maximum atomic E-state index is 11.2. The number of aliphatic hydroxyl groups is 1. The zero-order valence-corrected chi connectivity index (χ0v) is 23.8. The van der Waals surface area contributed by atoms with Gasteiger partial charge in [-0.3, -0.25) is 0 Å². The zero-order chi connectivity index (χ0) is 28.5. The van der Waals surface area contributed by atoms with E-state index in [1.165, 1.54) is 35.0 Å². The molecular formula is C34H39NO4. The first-order valence-corrected chi connectivity index (χ1v) is 13.7. The quantitative estimate of drug-likeness (QED) is 0.301. The highest BCUT2D eigenvalue weighted by Gasteiger charge is 2.39. The van der Waals surface area contributed by atoms with Crippen LogP contribution in [0.5, 0.6) is 5.75 Å². The Morgan fingerprint density at radius 1 is 0.949 bits per heavy atom. The molecule has 0 radical (unpaired) electrons. The van der Waals surface area contributed by atoms with Gasteiger partial charge < -0.3 is 20.2 Å². The minimum atomic E-state index is -1.20. The molecule has 0 fully saturated rings. The van der Waals surface area contributed by atoms with E-state index in [-0.39, 0.29) is 22.1 Å². The van der Waals surface area contributed by atoms with Gasteiger partial charge in [0, 0.05) is 24.3 Å². The van der Waals surface area contributed by atoms with Gasteiger partial charge in [-0.15, -0.1) is 0 Å². The summed E-state index contributed by atoms with van der Waals surface area (Å²) < 4.78 is 0. The molecule has 39 heavy (non-hydrogen) atoms. The van der Waals surface area contributed by atoms with Gasteiger partial charge in [-0.2, -0.15) is 0 Å². The molecule has 0 saturated carbocycles. The van der Waals surface area contributed by atoms with Crippen molar-refractivity contribution >= 4 is 11.7 Å². The van der Waals surface area contributed by atoms with E-state index in [9.17, 15) is 15.0 Å². The second-order valence-corrected chi connectivity index (χ2v) is 11.7. The van der Waals surface area contributed by atoms with Crippen LogP contribution in [-0.2, 0) is 10.8 Å². The summed E-state index contributed by atoms with van der Waals surface area (Å²) in [6.07, 6.45) is 1.08. The molecule has 0 saturated heterocycles. The molecule has 3 N–H and O–H groups in total. The predicted molar refractivity (Wildman–Crippen MR) is 158 cm³/mol. The fraction of sp³-hybridized carbons (Fsp3) is 0.382. The van der Waals surface area contributed by atoms with Crippen LogP contribution in [-0.4, -0.2) is 34.4 Å². The number of aromatic hydroxyl groups is 1. The van der Waals surface area contributed by atoms with Gasteiger partial charge in [0.15, 0.2) is 0 Å². The normalized spacial score (nSPS) is 16.0. The highest BCUT2D eigenvalue weighted by atomic mass is 16.4. The van der Waals surface area contributed by atoms with Crippen molar-refractivity contribution in [3.05, 3.63) is 82.4 Å². The molecule has 0 aliphatic heterocycles. The van der Waals surface area contributed by atoms with E-state index in [0.29, 0.717) is 5.56 Å². The number of carboxylic acids is 1. The molecule has 4 rings (SSSR count). The molecule has 204 valence electrons. The maximum Gasteiger partial charge on any atom is 0.339 e. The van der Waals surface area contributed by atoms with E-state index in [2.05, 4.69) is 94.7 Å². The van der Waals surface area contributed by atoms with E-state index in [1.807, 2.05) is 0 Å². The summed E-state index contributed by atoms with van der Waals surface area (Å²) >= 11 is 0. The number of hydrogen-bond donors (Lipinski definition) is 3. The van der Waals surface area contributed by atoms with E-state index in [1.54, 1.807) is 0 Å². The summed E-state index contributed by atoms with van der Waals surface area (Å²) in [6, 6.07) is 17.0. The summed E-state index contributed by atoms with van der Waals surface area (Å²) in [5.41, 5.74) is 6.90. The number of nitrogens with zero attached hydrogens (tertiary/aromatic N) is 1. The van der Waals surface area contributed by atoms with Crippen LogP contribution < -0.4 is 4.90 Å². The zero-order valence-electron chi connectivity index (χ0n) is 23.8. The van der Waals surface area contributed by atoms with Crippen LogP contribution in [0.3, 0.4) is 0 Å². The maximum absolute atomic E-state index is 11.2. The minimum Gasteiger partial charge on any atom is -0.507 e. The fourth-order valence-corrected chi connectivity index (χ4v) is 5.66. The van der Waals surface area contributed by atoms with Crippen molar-refractivity contribution in [2.45, 2.75) is 71.3 Å². The highest BCUT2D eigenvalue weighted by Crippen LogP contribution is 2.50. The predicted octanol–water partition coefficient (Wildman–Crippen LogP) is 7.04. The van der Waals surface area contributed by atoms with Crippen molar-refractivity contribution in [1.29, 1.82) is 0 Å². The van der Waals surface area contributed by atoms with Crippen molar-refractivity contribution in [1.82, 2.24) is 0 Å². The largest absolute Gasteiger partial charge is 0.507 e. The van der Waals surface area contributed by atoms with Crippen LogP contribution in [0, 0.1) is 11.8 Å². The number of benzene rings is 3. The first kappa shape index (κ1) is 28.3. The number of fused-ring (bicyclic) bond motifs is 1. The highest BCUT2D eigenvalue weighted by molar-refractivity contribution is 5.91. The molecule has 0 spiro atoms. The number of carbonyl (C=O) groups is 1. The molecule has 1 aliphatic rings. The molecule has 0 aromatic heterocycles. The van der Waals surface area contributed by atoms with E-state index >= 15 is 0 Å². The number of anilines is 1. The van der Waals surface area contributed by atoms with Crippen LogP contribution in [0.25, 0.3) is 11.1 Å². The Kier molecular flexibility index (Phi) is 7.82. The topological polar surface area (TPSA) is 81.0 Å². The molecular weight excluding hydrogens is 486 g/mol. The summed E-state index contributed by atoms with van der Waals surface area (Å²) in [6.45, 7) is 15.4. The fourth-order valence-electron chi connectivity index (χ4n) is 5.66. The van der Waals surface area contributed by atoms with Crippen LogP contribution in [0.4, 0.5) is 5.69 Å². The Balaban J connectivity index is 1.82. The first-order valence-electron chi connectivity index (χ1n) is 13.7. The minimum absolute atomic E-state index is 0.0176. The van der Waals surface area contributed by atoms with Gasteiger partial charge in [-0.05, 0) is 102 Å². The van der Waals surface area contributed by atoms with Gasteiger partial charge in [-0.1, -0.05) is 57.7 Å². The van der Waals surface area contributed by atoms with E-state index in [4.69, 9.17) is 5.11 Å². The molecule has 1 atom stereocenters. The molecule has 3 aromatic rings.